The molecule has 0 bridgehead atoms. The molecule has 0 spiro atoms. The highest BCUT2D eigenvalue weighted by Crippen LogP contribution is 2.43. The van der Waals surface area contributed by atoms with E-state index in [0.29, 0.717) is 10.3 Å². The first kappa shape index (κ1) is 15.7. The molecule has 2 aromatic heterocycles. The van der Waals surface area contributed by atoms with Crippen LogP contribution in [0.3, 0.4) is 0 Å². The van der Waals surface area contributed by atoms with Crippen LogP contribution < -0.4 is 27.0 Å². The van der Waals surface area contributed by atoms with Gasteiger partial charge >= 0.3 is 6.03 Å². The first-order chi connectivity index (χ1) is 12.0. The normalized spacial score (nSPS) is 15.0. The number of rotatable bonds is 3. The molecule has 1 aromatic carbocycles. The van der Waals surface area contributed by atoms with Crippen molar-refractivity contribution in [2.24, 2.45) is 11.5 Å². The molecule has 1 fully saturated rings. The third-order valence-electron chi connectivity index (χ3n) is 4.24. The van der Waals surface area contributed by atoms with Gasteiger partial charge in [0, 0.05) is 42.0 Å². The number of hydrogen-bond donors (Lipinski definition) is 4. The van der Waals surface area contributed by atoms with Gasteiger partial charge in [0.2, 0.25) is 5.76 Å². The molecule has 0 aliphatic carbocycles. The van der Waals surface area contributed by atoms with Crippen molar-refractivity contribution < 1.29 is 14.0 Å². The molecule has 1 saturated heterocycles. The molecule has 1 aliphatic heterocycles. The number of nitrogens with two attached hydrogens (primary N) is 2. The molecule has 0 saturated carbocycles. The van der Waals surface area contributed by atoms with Gasteiger partial charge in [0.1, 0.15) is 5.69 Å². The summed E-state index contributed by atoms with van der Waals surface area (Å²) in [6, 6.07) is 5.32. The standard InChI is InChI=1S/C16H17N5O3S/c17-15(22)13-11(20-16(18)23)14-12(24-13)9-2-1-8(7-10(9)25-14)21-5-3-19-4-6-21/h1-2,7,19H,3-6H2,(H2,17,22)(H3,18,20,23). The van der Waals surface area contributed by atoms with Crippen molar-refractivity contribution in [3.05, 3.63) is 24.0 Å². The van der Waals surface area contributed by atoms with Crippen LogP contribution in [0.5, 0.6) is 0 Å². The van der Waals surface area contributed by atoms with E-state index in [1.54, 1.807) is 0 Å². The van der Waals surface area contributed by atoms with Gasteiger partial charge in [0.25, 0.3) is 5.91 Å². The second-order valence-corrected chi connectivity index (χ2v) is 6.89. The molecule has 0 unspecified atom stereocenters. The van der Waals surface area contributed by atoms with Gasteiger partial charge < -0.3 is 31.4 Å². The second kappa shape index (κ2) is 5.94. The number of primary amides is 2. The highest BCUT2D eigenvalue weighted by atomic mass is 32.1. The molecular formula is C16H17N5O3S. The Morgan fingerprint density at radius 3 is 2.68 bits per heavy atom. The predicted octanol–water partition coefficient (Wildman–Crippen LogP) is 1.65. The van der Waals surface area contributed by atoms with Crippen molar-refractivity contribution in [1.82, 2.24) is 5.32 Å². The van der Waals surface area contributed by atoms with E-state index in [1.165, 1.54) is 11.3 Å². The van der Waals surface area contributed by atoms with E-state index in [1.807, 2.05) is 12.1 Å². The predicted molar refractivity (Wildman–Crippen MR) is 98.4 cm³/mol. The Balaban J connectivity index is 1.85. The molecule has 3 aromatic rings. The van der Waals surface area contributed by atoms with Gasteiger partial charge in [-0.15, -0.1) is 11.3 Å². The number of amides is 3. The van der Waals surface area contributed by atoms with Crippen molar-refractivity contribution >= 4 is 55.0 Å². The zero-order chi connectivity index (χ0) is 17.6. The number of furan rings is 1. The Hall–Kier alpha value is -2.78. The fourth-order valence-corrected chi connectivity index (χ4v) is 4.27. The first-order valence-corrected chi connectivity index (χ1v) is 8.67. The summed E-state index contributed by atoms with van der Waals surface area (Å²) in [5.41, 5.74) is 12.5. The number of benzene rings is 1. The highest BCUT2D eigenvalue weighted by molar-refractivity contribution is 7.26. The highest BCUT2D eigenvalue weighted by Gasteiger charge is 2.24. The maximum absolute atomic E-state index is 11.6. The summed E-state index contributed by atoms with van der Waals surface area (Å²) >= 11 is 1.43. The van der Waals surface area contributed by atoms with E-state index in [2.05, 4.69) is 21.6 Å². The minimum absolute atomic E-state index is 0.0897. The van der Waals surface area contributed by atoms with Crippen molar-refractivity contribution in [1.29, 1.82) is 0 Å². The van der Waals surface area contributed by atoms with Crippen LogP contribution in [0.15, 0.2) is 22.6 Å². The number of piperazine rings is 1. The van der Waals surface area contributed by atoms with Crippen LogP contribution in [0.1, 0.15) is 10.6 Å². The van der Waals surface area contributed by atoms with Crippen molar-refractivity contribution in [3.63, 3.8) is 0 Å². The van der Waals surface area contributed by atoms with Crippen LogP contribution in [0, 0.1) is 0 Å². The quantitative estimate of drug-likeness (QED) is 0.565. The topological polar surface area (TPSA) is 127 Å². The molecule has 0 atom stereocenters. The van der Waals surface area contributed by atoms with Gasteiger partial charge in [-0.25, -0.2) is 4.79 Å². The van der Waals surface area contributed by atoms with Crippen LogP contribution in [-0.4, -0.2) is 38.1 Å². The van der Waals surface area contributed by atoms with Gasteiger partial charge in [0.15, 0.2) is 5.58 Å². The molecule has 0 radical (unpaired) electrons. The van der Waals surface area contributed by atoms with Gasteiger partial charge in [-0.3, -0.25) is 4.79 Å². The molecule has 4 rings (SSSR count). The Kier molecular flexibility index (Phi) is 3.74. The first-order valence-electron chi connectivity index (χ1n) is 7.85. The van der Waals surface area contributed by atoms with Gasteiger partial charge in [0.05, 0.1) is 4.70 Å². The number of anilines is 2. The SMILES string of the molecule is NC(=O)Nc1c(C(N)=O)oc2c1sc1cc(N3CCNCC3)ccc12. The van der Waals surface area contributed by atoms with E-state index in [-0.39, 0.29) is 11.4 Å². The van der Waals surface area contributed by atoms with Crippen LogP contribution in [0.2, 0.25) is 0 Å². The summed E-state index contributed by atoms with van der Waals surface area (Å²) in [6.45, 7) is 3.82. The molecule has 9 heteroatoms. The van der Waals surface area contributed by atoms with E-state index in [0.717, 1.165) is 42.0 Å². The molecule has 1 aliphatic rings. The number of hydrogen-bond acceptors (Lipinski definition) is 6. The third kappa shape index (κ3) is 2.67. The summed E-state index contributed by atoms with van der Waals surface area (Å²) in [5.74, 6) is -0.842. The Bertz CT molecular complexity index is 987. The number of fused-ring (bicyclic) bond motifs is 3. The number of thiophene rings is 1. The smallest absolute Gasteiger partial charge is 0.316 e. The average molecular weight is 359 g/mol. The van der Waals surface area contributed by atoms with Crippen LogP contribution in [0.4, 0.5) is 16.2 Å². The molecule has 3 heterocycles. The second-order valence-electron chi connectivity index (χ2n) is 5.84. The van der Waals surface area contributed by atoms with E-state index >= 15 is 0 Å². The fraction of sp³-hybridized carbons (Fsp3) is 0.250. The molecule has 6 N–H and O–H groups in total. The molecule has 3 amide bonds. The summed E-state index contributed by atoms with van der Waals surface area (Å²) in [5, 5.41) is 6.66. The fourth-order valence-electron chi connectivity index (χ4n) is 3.11. The van der Waals surface area contributed by atoms with Crippen LogP contribution in [-0.2, 0) is 0 Å². The van der Waals surface area contributed by atoms with E-state index in [9.17, 15) is 9.59 Å². The molecule has 25 heavy (non-hydrogen) atoms. The maximum Gasteiger partial charge on any atom is 0.316 e. The number of carbonyl (C=O) groups is 2. The summed E-state index contributed by atoms with van der Waals surface area (Å²) in [6.07, 6.45) is 0. The third-order valence-corrected chi connectivity index (χ3v) is 5.39. The molecular weight excluding hydrogens is 342 g/mol. The lowest BCUT2D eigenvalue weighted by Gasteiger charge is -2.29. The van der Waals surface area contributed by atoms with Gasteiger partial charge in [-0.05, 0) is 18.2 Å². The van der Waals surface area contributed by atoms with Crippen molar-refractivity contribution in [2.75, 3.05) is 36.4 Å². The van der Waals surface area contributed by atoms with Gasteiger partial charge in [-0.1, -0.05) is 0 Å². The Morgan fingerprint density at radius 1 is 1.24 bits per heavy atom. The van der Waals surface area contributed by atoms with Gasteiger partial charge in [-0.2, -0.15) is 0 Å². The lowest BCUT2D eigenvalue weighted by Crippen LogP contribution is -2.43. The van der Waals surface area contributed by atoms with Crippen LogP contribution >= 0.6 is 11.3 Å². The zero-order valence-corrected chi connectivity index (χ0v) is 14.1. The summed E-state index contributed by atoms with van der Waals surface area (Å²) in [7, 11) is 0. The molecule has 130 valence electrons. The lowest BCUT2D eigenvalue weighted by molar-refractivity contribution is 0.0977. The Labute approximate surface area is 146 Å². The number of carbonyl (C=O) groups excluding carboxylic acids is 2. The molecule has 8 nitrogen and oxygen atoms in total. The summed E-state index contributed by atoms with van der Waals surface area (Å²) in [4.78, 5) is 25.2. The monoisotopic (exact) mass is 359 g/mol. The minimum Gasteiger partial charge on any atom is -0.447 e. The van der Waals surface area contributed by atoms with Crippen LogP contribution in [0.25, 0.3) is 20.4 Å². The van der Waals surface area contributed by atoms with E-state index < -0.39 is 11.9 Å². The van der Waals surface area contributed by atoms with Crippen molar-refractivity contribution in [2.45, 2.75) is 0 Å². The van der Waals surface area contributed by atoms with Crippen molar-refractivity contribution in [3.8, 4) is 0 Å². The Morgan fingerprint density at radius 2 is 2.00 bits per heavy atom. The summed E-state index contributed by atoms with van der Waals surface area (Å²) < 4.78 is 7.30. The largest absolute Gasteiger partial charge is 0.447 e. The number of urea groups is 1. The van der Waals surface area contributed by atoms with E-state index in [4.69, 9.17) is 15.9 Å². The number of nitrogens with one attached hydrogen (secondary N) is 2. The minimum atomic E-state index is -0.774. The zero-order valence-electron chi connectivity index (χ0n) is 13.3. The maximum atomic E-state index is 11.6. The lowest BCUT2D eigenvalue weighted by atomic mass is 10.2. The number of nitrogens with zero attached hydrogens (tertiary/aromatic N) is 1. The average Bonchev–Trinajstić information content (AvgIpc) is 3.11.